The van der Waals surface area contributed by atoms with Crippen LogP contribution in [0.2, 0.25) is 0 Å². The van der Waals surface area contributed by atoms with Gasteiger partial charge in [-0.1, -0.05) is 23.5 Å². The van der Waals surface area contributed by atoms with Crippen molar-refractivity contribution in [1.29, 1.82) is 0 Å². The van der Waals surface area contributed by atoms with Crippen LogP contribution in [0.4, 0.5) is 9.52 Å². The highest BCUT2D eigenvalue weighted by Crippen LogP contribution is 2.32. The number of hydrogen-bond donors (Lipinski definition) is 0. The zero-order valence-electron chi connectivity index (χ0n) is 14.7. The van der Waals surface area contributed by atoms with Crippen LogP contribution in [0.15, 0.2) is 65.1 Å². The lowest BCUT2D eigenvalue weighted by molar-refractivity contribution is 0.0987. The monoisotopic (exact) mass is 411 g/mol. The molecule has 0 spiro atoms. The number of methoxy groups -OCH3 is 1. The number of rotatable bonds is 5. The average molecular weight is 411 g/mol. The number of thiazole rings is 1. The number of thiophene rings is 1. The number of fused-ring (bicyclic) bond motifs is 1. The van der Waals surface area contributed by atoms with Gasteiger partial charge < -0.3 is 4.74 Å². The molecular weight excluding hydrogens is 397 g/mol. The molecule has 0 bridgehead atoms. The van der Waals surface area contributed by atoms with Crippen LogP contribution in [-0.2, 0) is 0 Å². The molecule has 0 aliphatic rings. The lowest BCUT2D eigenvalue weighted by Gasteiger charge is -2.13. The fourth-order valence-corrected chi connectivity index (χ4v) is 4.05. The van der Waals surface area contributed by atoms with E-state index in [1.807, 2.05) is 29.6 Å². The Morgan fingerprint density at radius 1 is 1.21 bits per heavy atom. The van der Waals surface area contributed by atoms with Gasteiger partial charge in [0.25, 0.3) is 5.91 Å². The first kappa shape index (κ1) is 18.3. The Bertz CT molecular complexity index is 1160. The maximum atomic E-state index is 13.6. The van der Waals surface area contributed by atoms with Crippen LogP contribution in [0.3, 0.4) is 0 Å². The minimum atomic E-state index is -0.484. The fraction of sp³-hybridized carbons (Fsp3) is 0.0500. The molecule has 140 valence electrons. The van der Waals surface area contributed by atoms with Crippen molar-refractivity contribution in [3.05, 3.63) is 76.2 Å². The number of halogens is 1. The standard InChI is InChI=1S/C20H14FN3O2S2/c1-26-15-7-8-17-18(11-15)28-20(23-17)24(22-12-16-6-3-9-27-16)19(25)13-4-2-5-14(21)10-13/h2-12H,1H3/b22-12-. The number of ether oxygens (including phenoxy) is 1. The van der Waals surface area contributed by atoms with Crippen LogP contribution < -0.4 is 9.75 Å². The number of nitrogens with zero attached hydrogens (tertiary/aromatic N) is 3. The Morgan fingerprint density at radius 2 is 2.11 bits per heavy atom. The van der Waals surface area contributed by atoms with Crippen molar-refractivity contribution in [2.45, 2.75) is 0 Å². The van der Waals surface area contributed by atoms with Crippen molar-refractivity contribution < 1.29 is 13.9 Å². The molecule has 0 aliphatic carbocycles. The molecule has 0 aliphatic heterocycles. The topological polar surface area (TPSA) is 54.8 Å². The summed E-state index contributed by atoms with van der Waals surface area (Å²) in [5.41, 5.74) is 0.921. The van der Waals surface area contributed by atoms with Gasteiger partial charge in [0.15, 0.2) is 0 Å². The van der Waals surface area contributed by atoms with E-state index in [9.17, 15) is 9.18 Å². The second-order valence-electron chi connectivity index (χ2n) is 5.72. The summed E-state index contributed by atoms with van der Waals surface area (Å²) in [7, 11) is 1.59. The highest BCUT2D eigenvalue weighted by atomic mass is 32.1. The van der Waals surface area contributed by atoms with Crippen LogP contribution in [-0.4, -0.2) is 24.2 Å². The van der Waals surface area contributed by atoms with Crippen LogP contribution in [0.1, 0.15) is 15.2 Å². The van der Waals surface area contributed by atoms with Crippen LogP contribution in [0, 0.1) is 5.82 Å². The molecule has 2 aromatic carbocycles. The van der Waals surface area contributed by atoms with Crippen molar-refractivity contribution in [2.75, 3.05) is 12.1 Å². The first-order valence-corrected chi connectivity index (χ1v) is 9.96. The van der Waals surface area contributed by atoms with Crippen LogP contribution >= 0.6 is 22.7 Å². The lowest BCUT2D eigenvalue weighted by Crippen LogP contribution is -2.25. The second kappa shape index (κ2) is 7.87. The summed E-state index contributed by atoms with van der Waals surface area (Å²) in [6.45, 7) is 0. The Hall–Kier alpha value is -3.10. The van der Waals surface area contributed by atoms with Crippen molar-refractivity contribution in [1.82, 2.24) is 4.98 Å². The van der Waals surface area contributed by atoms with E-state index < -0.39 is 11.7 Å². The summed E-state index contributed by atoms with van der Waals surface area (Å²) >= 11 is 2.81. The molecule has 0 saturated heterocycles. The van der Waals surface area contributed by atoms with E-state index in [0.717, 1.165) is 15.1 Å². The average Bonchev–Trinajstić information content (AvgIpc) is 3.37. The summed E-state index contributed by atoms with van der Waals surface area (Å²) in [6, 6.07) is 14.8. The third-order valence-corrected chi connectivity index (χ3v) is 5.67. The van der Waals surface area contributed by atoms with E-state index >= 15 is 0 Å². The number of hydrogen-bond acceptors (Lipinski definition) is 6. The van der Waals surface area contributed by atoms with E-state index in [1.165, 1.54) is 45.9 Å². The van der Waals surface area contributed by atoms with Crippen LogP contribution in [0.25, 0.3) is 10.2 Å². The molecular formula is C20H14FN3O2S2. The molecule has 5 nitrogen and oxygen atoms in total. The molecule has 4 aromatic rings. The van der Waals surface area contributed by atoms with Gasteiger partial charge >= 0.3 is 0 Å². The summed E-state index contributed by atoms with van der Waals surface area (Å²) in [4.78, 5) is 18.5. The van der Waals surface area contributed by atoms with E-state index in [4.69, 9.17) is 4.74 Å². The Labute approximate surface area is 168 Å². The normalized spacial score (nSPS) is 11.2. The van der Waals surface area contributed by atoms with Crippen molar-refractivity contribution in [3.8, 4) is 5.75 Å². The summed E-state index contributed by atoms with van der Waals surface area (Å²) in [5.74, 6) is -0.242. The number of aromatic nitrogens is 1. The third kappa shape index (κ3) is 3.78. The number of amides is 1. The van der Waals surface area contributed by atoms with E-state index in [0.29, 0.717) is 10.9 Å². The maximum Gasteiger partial charge on any atom is 0.280 e. The van der Waals surface area contributed by atoms with Gasteiger partial charge in [-0.25, -0.2) is 9.37 Å². The number of carbonyl (C=O) groups is 1. The molecule has 0 radical (unpaired) electrons. The third-order valence-electron chi connectivity index (χ3n) is 3.87. The Balaban J connectivity index is 1.77. The molecule has 0 saturated carbocycles. The second-order valence-corrected chi connectivity index (χ2v) is 7.71. The van der Waals surface area contributed by atoms with Crippen molar-refractivity contribution >= 4 is 50.1 Å². The molecule has 0 N–H and O–H groups in total. The molecule has 0 fully saturated rings. The van der Waals surface area contributed by atoms with Gasteiger partial charge in [-0.15, -0.1) is 11.3 Å². The number of hydrazone groups is 1. The first-order chi connectivity index (χ1) is 13.6. The molecule has 1 amide bonds. The Morgan fingerprint density at radius 3 is 2.86 bits per heavy atom. The molecule has 2 heterocycles. The highest BCUT2D eigenvalue weighted by Gasteiger charge is 2.21. The van der Waals surface area contributed by atoms with Gasteiger partial charge in [0.2, 0.25) is 5.13 Å². The lowest BCUT2D eigenvalue weighted by atomic mass is 10.2. The minimum Gasteiger partial charge on any atom is -0.497 e. The molecule has 2 aromatic heterocycles. The largest absolute Gasteiger partial charge is 0.497 e. The van der Waals surface area contributed by atoms with Gasteiger partial charge in [0.1, 0.15) is 11.6 Å². The molecule has 0 atom stereocenters. The number of benzene rings is 2. The summed E-state index contributed by atoms with van der Waals surface area (Å²) in [6.07, 6.45) is 1.59. The van der Waals surface area contributed by atoms with Gasteiger partial charge in [0.05, 0.1) is 23.5 Å². The molecule has 0 unspecified atom stereocenters. The van der Waals surface area contributed by atoms with E-state index in [-0.39, 0.29) is 5.56 Å². The maximum absolute atomic E-state index is 13.6. The molecule has 4 rings (SSSR count). The van der Waals surface area contributed by atoms with Gasteiger partial charge in [-0.05, 0) is 47.8 Å². The first-order valence-electron chi connectivity index (χ1n) is 8.26. The van der Waals surface area contributed by atoms with Gasteiger partial charge in [-0.3, -0.25) is 4.79 Å². The number of carbonyl (C=O) groups excluding carboxylic acids is 1. The van der Waals surface area contributed by atoms with Gasteiger partial charge in [-0.2, -0.15) is 10.1 Å². The predicted octanol–water partition coefficient (Wildman–Crippen LogP) is 5.19. The van der Waals surface area contributed by atoms with E-state index in [1.54, 1.807) is 25.5 Å². The van der Waals surface area contributed by atoms with E-state index in [2.05, 4.69) is 10.1 Å². The summed E-state index contributed by atoms with van der Waals surface area (Å²) in [5, 5.41) is 7.86. The Kier molecular flexibility index (Phi) is 5.14. The van der Waals surface area contributed by atoms with Crippen molar-refractivity contribution in [3.63, 3.8) is 0 Å². The smallest absolute Gasteiger partial charge is 0.280 e. The van der Waals surface area contributed by atoms with Gasteiger partial charge in [0, 0.05) is 10.4 Å². The molecule has 8 heteroatoms. The fourth-order valence-electron chi connectivity index (χ4n) is 2.52. The number of anilines is 1. The zero-order chi connectivity index (χ0) is 19.5. The highest BCUT2D eigenvalue weighted by molar-refractivity contribution is 7.22. The SMILES string of the molecule is COc1ccc2nc(N(/N=C\c3cccs3)C(=O)c3cccc(F)c3)sc2c1. The summed E-state index contributed by atoms with van der Waals surface area (Å²) < 4.78 is 19.7. The predicted molar refractivity (Wildman–Crippen MR) is 111 cm³/mol. The zero-order valence-corrected chi connectivity index (χ0v) is 16.3. The molecule has 28 heavy (non-hydrogen) atoms. The minimum absolute atomic E-state index is 0.195. The quantitative estimate of drug-likeness (QED) is 0.336. The van der Waals surface area contributed by atoms with Crippen molar-refractivity contribution in [2.24, 2.45) is 5.10 Å². The van der Waals surface area contributed by atoms with Crippen LogP contribution in [0.5, 0.6) is 5.75 Å².